The van der Waals surface area contributed by atoms with Gasteiger partial charge in [0.25, 0.3) is 0 Å². The molecule has 2 nitrogen and oxygen atoms in total. The van der Waals surface area contributed by atoms with Gasteiger partial charge >= 0.3 is 0 Å². The molecule has 3 aromatic rings. The van der Waals surface area contributed by atoms with E-state index in [0.717, 1.165) is 10.5 Å². The molecule has 2 aliphatic heterocycles. The second-order valence-electron chi connectivity index (χ2n) is 7.91. The molecule has 0 N–H and O–H groups in total. The fourth-order valence-electron chi connectivity index (χ4n) is 5.05. The maximum atomic E-state index is 6.15. The molecule has 0 radical (unpaired) electrons. The molecule has 2 fully saturated rings. The summed E-state index contributed by atoms with van der Waals surface area (Å²) in [5.74, 6) is 1.00. The zero-order valence-electron chi connectivity index (χ0n) is 15.2. The van der Waals surface area contributed by atoms with Gasteiger partial charge in [-0.25, -0.2) is 4.98 Å². The van der Waals surface area contributed by atoms with Crippen molar-refractivity contribution in [2.75, 3.05) is 7.05 Å². The van der Waals surface area contributed by atoms with Crippen LogP contribution in [0.2, 0.25) is 5.02 Å². The van der Waals surface area contributed by atoms with Gasteiger partial charge < -0.3 is 0 Å². The number of aromatic nitrogens is 1. The predicted molar refractivity (Wildman–Crippen MR) is 110 cm³/mol. The summed E-state index contributed by atoms with van der Waals surface area (Å²) >= 11 is 8.04. The van der Waals surface area contributed by atoms with Crippen molar-refractivity contribution in [2.24, 2.45) is 0 Å². The number of hydrogen-bond acceptors (Lipinski definition) is 3. The number of likely N-dealkylation sites (N-methyl/N-ethyl adjacent to an activating group) is 1. The minimum atomic E-state index is 0.470. The largest absolute Gasteiger partial charge is 0.300 e. The summed E-state index contributed by atoms with van der Waals surface area (Å²) in [5.41, 5.74) is 3.87. The lowest BCUT2D eigenvalue weighted by Gasteiger charge is -2.42. The number of rotatable bonds is 2. The molecule has 134 valence electrons. The maximum absolute atomic E-state index is 6.15. The minimum Gasteiger partial charge on any atom is -0.300 e. The van der Waals surface area contributed by atoms with E-state index in [9.17, 15) is 0 Å². The van der Waals surface area contributed by atoms with Gasteiger partial charge in [-0.2, -0.15) is 0 Å². The van der Waals surface area contributed by atoms with Crippen molar-refractivity contribution in [2.45, 2.75) is 50.1 Å². The summed E-state index contributed by atoms with van der Waals surface area (Å²) in [6.45, 7) is 2.16. The van der Waals surface area contributed by atoms with Gasteiger partial charge in [-0.05, 0) is 74.5 Å². The quantitative estimate of drug-likeness (QED) is 0.541. The highest BCUT2D eigenvalue weighted by Gasteiger charge is 2.47. The second-order valence-corrected chi connectivity index (χ2v) is 9.41. The zero-order chi connectivity index (χ0) is 17.8. The Morgan fingerprint density at radius 1 is 1.12 bits per heavy atom. The number of piperidine rings is 1. The maximum Gasteiger partial charge on any atom is 0.0991 e. The van der Waals surface area contributed by atoms with E-state index in [1.807, 2.05) is 23.5 Å². The van der Waals surface area contributed by atoms with Gasteiger partial charge in [-0.1, -0.05) is 29.8 Å². The molecule has 3 heterocycles. The molecular weight excluding hydrogens is 360 g/mol. The molecule has 4 atom stereocenters. The second kappa shape index (κ2) is 6.33. The monoisotopic (exact) mass is 382 g/mol. The highest BCUT2D eigenvalue weighted by Crippen LogP contribution is 2.52. The van der Waals surface area contributed by atoms with Crippen LogP contribution in [-0.2, 0) is 0 Å². The summed E-state index contributed by atoms with van der Waals surface area (Å²) in [4.78, 5) is 7.71. The molecule has 2 aromatic carbocycles. The predicted octanol–water partition coefficient (Wildman–Crippen LogP) is 5.99. The van der Waals surface area contributed by atoms with Crippen molar-refractivity contribution in [1.82, 2.24) is 9.88 Å². The fraction of sp³-hybridized carbons (Fsp3) is 0.409. The molecule has 26 heavy (non-hydrogen) atoms. The Hall–Kier alpha value is -1.42. The first-order chi connectivity index (χ1) is 12.6. The number of hydrogen-bond donors (Lipinski definition) is 0. The summed E-state index contributed by atoms with van der Waals surface area (Å²) in [7, 11) is 2.31. The van der Waals surface area contributed by atoms with E-state index < -0.39 is 0 Å². The first kappa shape index (κ1) is 16.7. The Kier molecular flexibility index (Phi) is 4.07. The van der Waals surface area contributed by atoms with Crippen LogP contribution in [0.25, 0.3) is 10.2 Å². The fourth-order valence-corrected chi connectivity index (χ4v) is 6.46. The number of thiazole rings is 1. The molecule has 4 heteroatoms. The third-order valence-corrected chi connectivity index (χ3v) is 7.78. The van der Waals surface area contributed by atoms with Crippen LogP contribution in [0.4, 0.5) is 0 Å². The van der Waals surface area contributed by atoms with Crippen molar-refractivity contribution in [3.8, 4) is 0 Å². The highest BCUT2D eigenvalue weighted by molar-refractivity contribution is 7.18. The van der Waals surface area contributed by atoms with Crippen molar-refractivity contribution in [1.29, 1.82) is 0 Å². The van der Waals surface area contributed by atoms with Crippen LogP contribution in [0, 0.1) is 6.92 Å². The van der Waals surface area contributed by atoms with Gasteiger partial charge in [0.1, 0.15) is 0 Å². The van der Waals surface area contributed by atoms with E-state index in [1.54, 1.807) is 0 Å². The summed E-state index contributed by atoms with van der Waals surface area (Å²) in [6, 6.07) is 16.4. The van der Waals surface area contributed by atoms with Gasteiger partial charge in [0.2, 0.25) is 0 Å². The Bertz CT molecular complexity index is 948. The number of halogens is 1. The van der Waals surface area contributed by atoms with Gasteiger partial charge in [-0.3, -0.25) is 4.90 Å². The molecule has 0 saturated carbocycles. The van der Waals surface area contributed by atoms with Crippen LogP contribution in [0.3, 0.4) is 0 Å². The Labute approximate surface area is 163 Å². The average Bonchev–Trinajstić information content (AvgIpc) is 3.13. The molecule has 1 aromatic heterocycles. The van der Waals surface area contributed by atoms with Gasteiger partial charge in [0.05, 0.1) is 15.2 Å². The third kappa shape index (κ3) is 2.69. The lowest BCUT2D eigenvalue weighted by molar-refractivity contribution is 0.137. The van der Waals surface area contributed by atoms with E-state index >= 15 is 0 Å². The molecule has 2 aliphatic rings. The van der Waals surface area contributed by atoms with E-state index in [2.05, 4.69) is 49.2 Å². The van der Waals surface area contributed by atoms with Crippen molar-refractivity contribution >= 4 is 33.2 Å². The van der Waals surface area contributed by atoms with Gasteiger partial charge in [0, 0.05) is 23.0 Å². The van der Waals surface area contributed by atoms with Gasteiger partial charge in [0.15, 0.2) is 0 Å². The zero-order valence-corrected chi connectivity index (χ0v) is 16.7. The van der Waals surface area contributed by atoms with E-state index in [1.165, 1.54) is 40.1 Å². The number of fused-ring (bicyclic) bond motifs is 3. The molecule has 0 amide bonds. The van der Waals surface area contributed by atoms with Crippen molar-refractivity contribution in [3.63, 3.8) is 0 Å². The Morgan fingerprint density at radius 2 is 1.92 bits per heavy atom. The Morgan fingerprint density at radius 3 is 2.73 bits per heavy atom. The lowest BCUT2D eigenvalue weighted by atomic mass is 9.76. The van der Waals surface area contributed by atoms with E-state index in [4.69, 9.17) is 16.6 Å². The van der Waals surface area contributed by atoms with Crippen LogP contribution in [0.5, 0.6) is 0 Å². The number of nitrogens with zero attached hydrogens (tertiary/aromatic N) is 2. The van der Waals surface area contributed by atoms with Crippen LogP contribution in [0.15, 0.2) is 42.5 Å². The first-order valence-corrected chi connectivity index (χ1v) is 10.6. The van der Waals surface area contributed by atoms with Gasteiger partial charge in [-0.15, -0.1) is 11.3 Å². The minimum absolute atomic E-state index is 0.470. The van der Waals surface area contributed by atoms with Crippen LogP contribution in [0.1, 0.15) is 47.2 Å². The SMILES string of the molecule is Cc1ccc2nc(C3C(c4ccc(Cl)cc4)CC4CCC3N4C)sc2c1. The highest BCUT2D eigenvalue weighted by atomic mass is 35.5. The molecule has 0 spiro atoms. The van der Waals surface area contributed by atoms with Crippen LogP contribution in [-0.4, -0.2) is 29.0 Å². The Balaban J connectivity index is 1.61. The number of benzene rings is 2. The van der Waals surface area contributed by atoms with Crippen LogP contribution < -0.4 is 0 Å². The molecular formula is C22H23ClN2S. The summed E-state index contributed by atoms with van der Waals surface area (Å²) in [5, 5.41) is 2.12. The molecule has 4 unspecified atom stereocenters. The normalized spacial score (nSPS) is 28.7. The third-order valence-electron chi connectivity index (χ3n) is 6.41. The summed E-state index contributed by atoms with van der Waals surface area (Å²) < 4.78 is 1.32. The van der Waals surface area contributed by atoms with Crippen LogP contribution >= 0.6 is 22.9 Å². The summed E-state index contributed by atoms with van der Waals surface area (Å²) in [6.07, 6.45) is 3.81. The van der Waals surface area contributed by atoms with Crippen molar-refractivity contribution < 1.29 is 0 Å². The molecule has 2 bridgehead atoms. The number of aryl methyl sites for hydroxylation is 1. The van der Waals surface area contributed by atoms with E-state index in [0.29, 0.717) is 23.9 Å². The molecule has 2 saturated heterocycles. The topological polar surface area (TPSA) is 16.1 Å². The molecule has 5 rings (SSSR count). The standard InChI is InChI=1S/C22H23ClN2S/c1-13-3-9-18-20(11-13)26-22(24-18)21-17(14-4-6-15(23)7-5-14)12-16-8-10-19(21)25(16)2/h3-7,9,11,16-17,19,21H,8,10,12H2,1-2H3. The lowest BCUT2D eigenvalue weighted by Crippen LogP contribution is -2.44. The van der Waals surface area contributed by atoms with Crippen molar-refractivity contribution in [3.05, 3.63) is 63.6 Å². The molecule has 0 aliphatic carbocycles. The average molecular weight is 383 g/mol. The first-order valence-electron chi connectivity index (χ1n) is 9.44. The van der Waals surface area contributed by atoms with E-state index in [-0.39, 0.29) is 0 Å². The smallest absolute Gasteiger partial charge is 0.0991 e.